The monoisotopic (exact) mass is 447 g/mol. The van der Waals surface area contributed by atoms with Gasteiger partial charge in [-0.05, 0) is 0 Å². The van der Waals surface area contributed by atoms with E-state index >= 15 is 0 Å². The smallest absolute Gasteiger partial charge is 0.766 e. The van der Waals surface area contributed by atoms with E-state index < -0.39 is 49.8 Å². The van der Waals surface area contributed by atoms with Crippen molar-refractivity contribution in [1.29, 1.82) is 0 Å². The summed E-state index contributed by atoms with van der Waals surface area (Å²) in [5.41, 5.74) is -15.2. The van der Waals surface area contributed by atoms with Crippen molar-refractivity contribution in [1.82, 2.24) is 0 Å². The van der Waals surface area contributed by atoms with Crippen molar-refractivity contribution < 1.29 is 87.5 Å². The van der Waals surface area contributed by atoms with E-state index in [2.05, 4.69) is 0 Å². The zero-order valence-electron chi connectivity index (χ0n) is 9.08. The topological polar surface area (TPSA) is 120 Å². The molecule has 0 spiro atoms. The summed E-state index contributed by atoms with van der Waals surface area (Å²) in [5, 5.41) is 0. The normalized spacial score (nSPS) is 15.8. The van der Waals surface area contributed by atoms with Crippen LogP contribution in [0.4, 0.5) is 39.5 Å². The summed E-state index contributed by atoms with van der Waals surface area (Å²) in [6.07, 6.45) is 0. The summed E-state index contributed by atoms with van der Waals surface area (Å²) < 4.78 is 148. The molecule has 0 aliphatic rings. The zero-order chi connectivity index (χ0) is 18.2. The largest absolute Gasteiger partial charge is 3.00 e. The van der Waals surface area contributed by atoms with Crippen LogP contribution in [0.2, 0.25) is 0 Å². The second kappa shape index (κ2) is 11.9. The predicted octanol–water partition coefficient (Wildman–Crippen LogP) is 1.15. The van der Waals surface area contributed by atoms with Crippen molar-refractivity contribution >= 4 is 33.2 Å². The third-order valence-corrected chi connectivity index (χ3v) is 1.70. The number of hydrogen-bond donors (Lipinski definition) is 0. The van der Waals surface area contributed by atoms with Gasteiger partial charge in [0.2, 0.25) is 0 Å². The molecule has 19 heteroatoms. The zero-order valence-corrected chi connectivity index (χ0v) is 13.1. The second-order valence-corrected chi connectivity index (χ2v) is 4.84. The average molecular weight is 447 g/mol. The van der Waals surface area contributed by atoms with Gasteiger partial charge in [0, 0.05) is 0 Å². The molecule has 133 valence electrons. The minimum atomic E-state index is -5.08. The van der Waals surface area contributed by atoms with Crippen LogP contribution >= 0.6 is 0 Å². The predicted molar refractivity (Wildman–Crippen MR) is 44.9 cm³/mol. The van der Waals surface area contributed by atoms with Crippen LogP contribution in [0.5, 0.6) is 0 Å². The molecule has 0 aliphatic carbocycles. The van der Waals surface area contributed by atoms with E-state index in [9.17, 15) is 39.5 Å². The Morgan fingerprint density at radius 2 is 0.545 bits per heavy atom. The van der Waals surface area contributed by atoms with Gasteiger partial charge >= 0.3 is 38.2 Å². The fraction of sp³-hybridized carbons (Fsp3) is 1.00. The van der Waals surface area contributed by atoms with Crippen LogP contribution in [0, 0.1) is 0 Å². The number of alkyl halides is 9. The van der Waals surface area contributed by atoms with Gasteiger partial charge in [-0.3, -0.25) is 12.6 Å². The van der Waals surface area contributed by atoms with Crippen LogP contribution in [-0.4, -0.2) is 42.8 Å². The Labute approximate surface area is 137 Å². The first-order valence-electron chi connectivity index (χ1n) is 3.31. The minimum absolute atomic E-state index is 0. The minimum Gasteiger partial charge on any atom is -0.766 e. The van der Waals surface area contributed by atoms with Crippen LogP contribution in [0.25, 0.3) is 0 Å². The summed E-state index contributed by atoms with van der Waals surface area (Å²) in [4.78, 5) is 0. The van der Waals surface area contributed by atoms with E-state index in [0.717, 1.165) is 0 Å². The molecule has 0 aromatic rings. The van der Waals surface area contributed by atoms with Crippen LogP contribution < -0.4 is 0 Å². The Morgan fingerprint density at radius 1 is 0.500 bits per heavy atom. The first-order chi connectivity index (χ1) is 8.83. The number of hydrogen-bond acceptors (Lipinski definition) is 6. The molecule has 0 saturated carbocycles. The van der Waals surface area contributed by atoms with Crippen molar-refractivity contribution in [2.24, 2.45) is 0 Å². The molecule has 0 aliphatic heterocycles. The Bertz CT molecular complexity index is 319. The number of rotatable bonds is 0. The fourth-order valence-electron chi connectivity index (χ4n) is 0. The molecule has 0 bridgehead atoms. The van der Waals surface area contributed by atoms with Crippen molar-refractivity contribution in [2.45, 2.75) is 16.5 Å². The van der Waals surface area contributed by atoms with Crippen LogP contribution in [0.3, 0.4) is 0 Å². The molecule has 1 radical (unpaired) electrons. The average Bonchev–Trinajstić information content (AvgIpc) is 2.14. The van der Waals surface area contributed by atoms with E-state index in [4.69, 9.17) is 26.3 Å². The molecule has 0 rings (SSSR count). The van der Waals surface area contributed by atoms with Gasteiger partial charge in [-0.25, -0.2) is 0 Å². The molecular weight excluding hydrogens is 447 g/mol. The summed E-state index contributed by atoms with van der Waals surface area (Å²) in [6.45, 7) is 0. The summed E-state index contributed by atoms with van der Waals surface area (Å²) in [5.74, 6) is 0. The Morgan fingerprint density at radius 3 is 0.545 bits per heavy atom. The molecular formula is C3F9O6S3Ti. The van der Waals surface area contributed by atoms with Gasteiger partial charge in [0.05, 0.1) is 33.2 Å². The van der Waals surface area contributed by atoms with Crippen molar-refractivity contribution in [3.05, 3.63) is 0 Å². The first kappa shape index (κ1) is 30.3. The van der Waals surface area contributed by atoms with E-state index in [1.54, 1.807) is 0 Å². The second-order valence-electron chi connectivity index (χ2n) is 2.04. The number of halogens is 9. The third kappa shape index (κ3) is 22.7. The van der Waals surface area contributed by atoms with E-state index in [-0.39, 0.29) is 21.7 Å². The molecule has 0 aromatic carbocycles. The fourth-order valence-corrected chi connectivity index (χ4v) is 0. The van der Waals surface area contributed by atoms with Gasteiger partial charge in [0.1, 0.15) is 0 Å². The summed E-state index contributed by atoms with van der Waals surface area (Å²) >= 11 is -11.8. The van der Waals surface area contributed by atoms with Gasteiger partial charge in [-0.15, -0.1) is 0 Å². The SMILES string of the molecule is O=S([O-])C(F)(F)F.O=S([O-])C(F)(F)F.O=S([O-])C(F)(F)F.[Ti+3]. The molecule has 0 N–H and O–H groups in total. The van der Waals surface area contributed by atoms with Crippen LogP contribution in [-0.2, 0) is 55.0 Å². The molecule has 0 fully saturated rings. The molecule has 22 heavy (non-hydrogen) atoms. The van der Waals surface area contributed by atoms with Gasteiger partial charge in [0.25, 0.3) is 0 Å². The quantitative estimate of drug-likeness (QED) is 0.312. The molecule has 6 nitrogen and oxygen atoms in total. The van der Waals surface area contributed by atoms with Crippen LogP contribution in [0.1, 0.15) is 0 Å². The molecule has 0 aromatic heterocycles. The summed E-state index contributed by atoms with van der Waals surface area (Å²) in [6, 6.07) is 0. The maximum absolute atomic E-state index is 10.6. The van der Waals surface area contributed by atoms with E-state index in [1.165, 1.54) is 0 Å². The molecule has 0 heterocycles. The van der Waals surface area contributed by atoms with Gasteiger partial charge in [-0.2, -0.15) is 39.5 Å². The first-order valence-corrected chi connectivity index (χ1v) is 6.54. The Kier molecular flexibility index (Phi) is 16.4. The summed E-state index contributed by atoms with van der Waals surface area (Å²) in [7, 11) is 0. The van der Waals surface area contributed by atoms with Crippen molar-refractivity contribution in [3.8, 4) is 0 Å². The van der Waals surface area contributed by atoms with E-state index in [1.807, 2.05) is 0 Å². The van der Waals surface area contributed by atoms with Crippen molar-refractivity contribution in [3.63, 3.8) is 0 Å². The molecule has 3 atom stereocenters. The van der Waals surface area contributed by atoms with Crippen LogP contribution in [0.15, 0.2) is 0 Å². The molecule has 3 unspecified atom stereocenters. The van der Waals surface area contributed by atoms with Gasteiger partial charge in [0.15, 0.2) is 0 Å². The molecule has 0 saturated heterocycles. The third-order valence-electron chi connectivity index (χ3n) is 0.567. The maximum atomic E-state index is 10.6. The van der Waals surface area contributed by atoms with Gasteiger partial charge < -0.3 is 13.7 Å². The standard InChI is InChI=1S/3CHF3O2S.Ti/c3*2-1(3,4)7(5)6;/h3*(H,5,6);/q;;;+3/p-3. The maximum Gasteiger partial charge on any atom is 3.00 e. The Balaban J connectivity index is -0.000000108. The molecule has 0 amide bonds. The van der Waals surface area contributed by atoms with Gasteiger partial charge in [-0.1, -0.05) is 0 Å². The van der Waals surface area contributed by atoms with E-state index in [0.29, 0.717) is 0 Å². The Hall–Kier alpha value is 0.414. The van der Waals surface area contributed by atoms with Crippen molar-refractivity contribution in [2.75, 3.05) is 0 Å².